The quantitative estimate of drug-likeness (QED) is 0.312. The SMILES string of the molecule is CO/N=C/[C@@]1(C)O[C@H]1CC/C(C)=C/CCc1ccccc1. The Labute approximate surface area is 127 Å². The lowest BCUT2D eigenvalue weighted by atomic mass is 10.0. The van der Waals surface area contributed by atoms with Gasteiger partial charge in [0.15, 0.2) is 0 Å². The third-order valence-corrected chi connectivity index (χ3v) is 3.96. The van der Waals surface area contributed by atoms with E-state index in [4.69, 9.17) is 9.57 Å². The minimum absolute atomic E-state index is 0.222. The van der Waals surface area contributed by atoms with Crippen molar-refractivity contribution < 1.29 is 9.57 Å². The van der Waals surface area contributed by atoms with Crippen molar-refractivity contribution in [3.05, 3.63) is 47.5 Å². The highest BCUT2D eigenvalue weighted by Gasteiger charge is 2.50. The molecule has 0 N–H and O–H groups in total. The first-order chi connectivity index (χ1) is 10.1. The van der Waals surface area contributed by atoms with Gasteiger partial charge in [0.05, 0.1) is 12.3 Å². The third-order valence-electron chi connectivity index (χ3n) is 3.96. The Morgan fingerprint density at radius 2 is 2.14 bits per heavy atom. The summed E-state index contributed by atoms with van der Waals surface area (Å²) < 4.78 is 5.67. The Morgan fingerprint density at radius 1 is 1.38 bits per heavy atom. The molecular formula is C18H25NO2. The van der Waals surface area contributed by atoms with E-state index >= 15 is 0 Å². The van der Waals surface area contributed by atoms with Crippen LogP contribution in [-0.2, 0) is 16.0 Å². The summed E-state index contributed by atoms with van der Waals surface area (Å²) in [5.41, 5.74) is 2.61. The number of rotatable bonds is 8. The molecule has 1 aromatic rings. The first-order valence-corrected chi connectivity index (χ1v) is 7.59. The largest absolute Gasteiger partial charge is 0.399 e. The van der Waals surface area contributed by atoms with Crippen LogP contribution in [0.15, 0.2) is 47.1 Å². The first kappa shape index (κ1) is 15.8. The lowest BCUT2D eigenvalue weighted by Gasteiger charge is -2.02. The van der Waals surface area contributed by atoms with Crippen LogP contribution < -0.4 is 0 Å². The van der Waals surface area contributed by atoms with Gasteiger partial charge >= 0.3 is 0 Å². The molecule has 2 rings (SSSR count). The summed E-state index contributed by atoms with van der Waals surface area (Å²) in [7, 11) is 1.55. The van der Waals surface area contributed by atoms with Crippen LogP contribution >= 0.6 is 0 Å². The molecule has 3 nitrogen and oxygen atoms in total. The Balaban J connectivity index is 1.67. The molecule has 0 radical (unpaired) electrons. The number of ether oxygens (including phenoxy) is 1. The van der Waals surface area contributed by atoms with Gasteiger partial charge in [-0.05, 0) is 45.1 Å². The molecule has 0 aliphatic carbocycles. The third kappa shape index (κ3) is 5.01. The van der Waals surface area contributed by atoms with Crippen LogP contribution in [0.3, 0.4) is 0 Å². The molecular weight excluding hydrogens is 262 g/mol. The highest BCUT2D eigenvalue weighted by Crippen LogP contribution is 2.38. The number of oxime groups is 1. The van der Waals surface area contributed by atoms with Gasteiger partial charge in [0.1, 0.15) is 12.7 Å². The van der Waals surface area contributed by atoms with Gasteiger partial charge in [-0.3, -0.25) is 0 Å². The van der Waals surface area contributed by atoms with E-state index < -0.39 is 0 Å². The fourth-order valence-electron chi connectivity index (χ4n) is 2.48. The second kappa shape index (κ2) is 7.41. The number of hydrogen-bond donors (Lipinski definition) is 0. The molecule has 0 saturated carbocycles. The summed E-state index contributed by atoms with van der Waals surface area (Å²) in [6.45, 7) is 4.25. The Hall–Kier alpha value is -1.61. The average molecular weight is 287 g/mol. The van der Waals surface area contributed by atoms with E-state index in [1.807, 2.05) is 0 Å². The smallest absolute Gasteiger partial charge is 0.130 e. The topological polar surface area (TPSA) is 34.1 Å². The summed E-state index contributed by atoms with van der Waals surface area (Å²) in [5, 5.41) is 3.80. The molecule has 114 valence electrons. The molecule has 2 atom stereocenters. The van der Waals surface area contributed by atoms with Crippen molar-refractivity contribution in [1.29, 1.82) is 0 Å². The molecule has 0 unspecified atom stereocenters. The van der Waals surface area contributed by atoms with Gasteiger partial charge < -0.3 is 9.57 Å². The Morgan fingerprint density at radius 3 is 2.86 bits per heavy atom. The molecule has 21 heavy (non-hydrogen) atoms. The average Bonchev–Trinajstić information content (AvgIpc) is 3.15. The number of epoxide rings is 1. The van der Waals surface area contributed by atoms with Gasteiger partial charge in [0.25, 0.3) is 0 Å². The van der Waals surface area contributed by atoms with Crippen LogP contribution in [0.2, 0.25) is 0 Å². The van der Waals surface area contributed by atoms with Gasteiger partial charge in [-0.25, -0.2) is 0 Å². The van der Waals surface area contributed by atoms with Crippen molar-refractivity contribution in [2.75, 3.05) is 7.11 Å². The number of allylic oxidation sites excluding steroid dienone is 2. The number of hydrogen-bond acceptors (Lipinski definition) is 3. The minimum atomic E-state index is -0.222. The van der Waals surface area contributed by atoms with Crippen molar-refractivity contribution >= 4 is 6.21 Å². The Bertz CT molecular complexity index is 495. The number of aryl methyl sites for hydroxylation is 1. The van der Waals surface area contributed by atoms with Gasteiger partial charge in [-0.15, -0.1) is 0 Å². The van der Waals surface area contributed by atoms with Gasteiger partial charge in [-0.1, -0.05) is 47.1 Å². The maximum absolute atomic E-state index is 5.67. The molecule has 3 heteroatoms. The summed E-state index contributed by atoms with van der Waals surface area (Å²) in [5.74, 6) is 0. The fraction of sp³-hybridized carbons (Fsp3) is 0.500. The first-order valence-electron chi connectivity index (χ1n) is 7.59. The normalized spacial score (nSPS) is 25.3. The van der Waals surface area contributed by atoms with E-state index in [-0.39, 0.29) is 11.7 Å². The van der Waals surface area contributed by atoms with Crippen LogP contribution in [0.25, 0.3) is 0 Å². The molecule has 1 aliphatic rings. The number of benzene rings is 1. The Kier molecular flexibility index (Phi) is 5.57. The molecule has 0 amide bonds. The summed E-state index contributed by atoms with van der Waals surface area (Å²) in [6.07, 6.45) is 8.70. The summed E-state index contributed by atoms with van der Waals surface area (Å²) in [6, 6.07) is 10.6. The predicted molar refractivity (Wildman–Crippen MR) is 86.5 cm³/mol. The zero-order valence-corrected chi connectivity index (χ0v) is 13.2. The molecule has 1 aromatic carbocycles. The highest BCUT2D eigenvalue weighted by atomic mass is 16.6. The van der Waals surface area contributed by atoms with E-state index in [1.54, 1.807) is 13.3 Å². The van der Waals surface area contributed by atoms with Crippen molar-refractivity contribution in [2.45, 2.75) is 51.2 Å². The van der Waals surface area contributed by atoms with Crippen LogP contribution in [0.1, 0.15) is 38.7 Å². The summed E-state index contributed by atoms with van der Waals surface area (Å²) in [4.78, 5) is 4.70. The van der Waals surface area contributed by atoms with E-state index in [0.29, 0.717) is 0 Å². The molecule has 0 bridgehead atoms. The monoisotopic (exact) mass is 287 g/mol. The lowest BCUT2D eigenvalue weighted by Crippen LogP contribution is -2.11. The van der Waals surface area contributed by atoms with Crippen molar-refractivity contribution in [3.63, 3.8) is 0 Å². The van der Waals surface area contributed by atoms with E-state index in [2.05, 4.69) is 55.4 Å². The predicted octanol–water partition coefficient (Wildman–Crippen LogP) is 4.14. The fourth-order valence-corrected chi connectivity index (χ4v) is 2.48. The van der Waals surface area contributed by atoms with E-state index in [1.165, 1.54) is 11.1 Å². The van der Waals surface area contributed by atoms with Crippen LogP contribution in [-0.4, -0.2) is 25.0 Å². The van der Waals surface area contributed by atoms with Crippen molar-refractivity contribution in [3.8, 4) is 0 Å². The molecule has 1 fully saturated rings. The zero-order chi connectivity index (χ0) is 15.1. The van der Waals surface area contributed by atoms with Crippen LogP contribution in [0, 0.1) is 0 Å². The minimum Gasteiger partial charge on any atom is -0.399 e. The summed E-state index contributed by atoms with van der Waals surface area (Å²) >= 11 is 0. The molecule has 1 aliphatic heterocycles. The molecule has 0 spiro atoms. The van der Waals surface area contributed by atoms with Gasteiger partial charge in [0.2, 0.25) is 0 Å². The maximum atomic E-state index is 5.67. The standard InChI is InChI=1S/C18H25NO2/c1-15(8-7-11-16-9-5-4-6-10-16)12-13-17-18(2,21-17)14-19-20-3/h4-6,8-10,14,17H,7,11-13H2,1-3H3/b15-8+,19-14+/t17-,18+/m0/s1. The zero-order valence-electron chi connectivity index (χ0n) is 13.2. The maximum Gasteiger partial charge on any atom is 0.130 e. The van der Waals surface area contributed by atoms with Crippen LogP contribution in [0.5, 0.6) is 0 Å². The van der Waals surface area contributed by atoms with Crippen molar-refractivity contribution in [1.82, 2.24) is 0 Å². The molecule has 1 heterocycles. The molecule has 0 aromatic heterocycles. The second-order valence-electron chi connectivity index (χ2n) is 5.82. The highest BCUT2D eigenvalue weighted by molar-refractivity contribution is 5.72. The molecule has 1 saturated heterocycles. The number of nitrogens with zero attached hydrogens (tertiary/aromatic N) is 1. The van der Waals surface area contributed by atoms with E-state index in [0.717, 1.165) is 25.7 Å². The van der Waals surface area contributed by atoms with Gasteiger partial charge in [-0.2, -0.15) is 0 Å². The van der Waals surface area contributed by atoms with Gasteiger partial charge in [0, 0.05) is 0 Å². The lowest BCUT2D eigenvalue weighted by molar-refractivity contribution is 0.212. The van der Waals surface area contributed by atoms with Crippen molar-refractivity contribution in [2.24, 2.45) is 5.16 Å². The second-order valence-corrected chi connectivity index (χ2v) is 5.82. The van der Waals surface area contributed by atoms with E-state index in [9.17, 15) is 0 Å². The van der Waals surface area contributed by atoms with Crippen LogP contribution in [0.4, 0.5) is 0 Å².